The summed E-state index contributed by atoms with van der Waals surface area (Å²) in [6, 6.07) is 7.76. The van der Waals surface area contributed by atoms with Crippen LogP contribution in [-0.2, 0) is 0 Å². The van der Waals surface area contributed by atoms with Crippen LogP contribution in [0.5, 0.6) is 0 Å². The Labute approximate surface area is 84.3 Å². The standard InChI is InChI=1S/C12H16FN/c1-9-2-4-10(5-3-9)12(13)11-6-7-14-8-11/h2-5,11-12,14H,6-8H2,1H3. The number of alkyl halides is 1. The topological polar surface area (TPSA) is 12.0 Å². The molecule has 2 heteroatoms. The molecule has 2 atom stereocenters. The van der Waals surface area contributed by atoms with E-state index >= 15 is 0 Å². The van der Waals surface area contributed by atoms with Crippen LogP contribution in [0.25, 0.3) is 0 Å². The first kappa shape index (κ1) is 9.66. The van der Waals surface area contributed by atoms with Gasteiger partial charge in [-0.1, -0.05) is 29.8 Å². The van der Waals surface area contributed by atoms with Crippen molar-refractivity contribution in [3.8, 4) is 0 Å². The van der Waals surface area contributed by atoms with E-state index in [1.54, 1.807) is 0 Å². The number of rotatable bonds is 2. The molecular formula is C12H16FN. The third-order valence-electron chi connectivity index (χ3n) is 2.91. The van der Waals surface area contributed by atoms with Gasteiger partial charge < -0.3 is 5.32 Å². The quantitative estimate of drug-likeness (QED) is 0.761. The molecule has 1 heterocycles. The molecule has 1 aromatic rings. The summed E-state index contributed by atoms with van der Waals surface area (Å²) in [4.78, 5) is 0. The van der Waals surface area contributed by atoms with Crippen LogP contribution in [0.1, 0.15) is 23.7 Å². The summed E-state index contributed by atoms with van der Waals surface area (Å²) in [5, 5.41) is 3.19. The van der Waals surface area contributed by atoms with E-state index in [1.165, 1.54) is 5.56 Å². The molecule has 0 bridgehead atoms. The van der Waals surface area contributed by atoms with Crippen molar-refractivity contribution in [2.45, 2.75) is 19.5 Å². The smallest absolute Gasteiger partial charge is 0.129 e. The molecule has 2 unspecified atom stereocenters. The molecule has 1 nitrogen and oxygen atoms in total. The van der Waals surface area contributed by atoms with Gasteiger partial charge in [0.15, 0.2) is 0 Å². The van der Waals surface area contributed by atoms with E-state index in [1.807, 2.05) is 31.2 Å². The number of nitrogens with one attached hydrogen (secondary N) is 1. The fourth-order valence-electron chi connectivity index (χ4n) is 1.95. The summed E-state index contributed by atoms with van der Waals surface area (Å²) >= 11 is 0. The third-order valence-corrected chi connectivity index (χ3v) is 2.91. The molecule has 0 spiro atoms. The molecule has 1 aliphatic rings. The van der Waals surface area contributed by atoms with E-state index in [0.29, 0.717) is 0 Å². The summed E-state index contributed by atoms with van der Waals surface area (Å²) < 4.78 is 13.9. The van der Waals surface area contributed by atoms with Crippen molar-refractivity contribution in [2.24, 2.45) is 5.92 Å². The second-order valence-corrected chi connectivity index (χ2v) is 4.07. The number of hydrogen-bond acceptors (Lipinski definition) is 1. The largest absolute Gasteiger partial charge is 0.316 e. The van der Waals surface area contributed by atoms with Gasteiger partial charge >= 0.3 is 0 Å². The SMILES string of the molecule is Cc1ccc(C(F)C2CCNC2)cc1. The highest BCUT2D eigenvalue weighted by molar-refractivity contribution is 5.23. The Hall–Kier alpha value is -0.890. The molecule has 1 fully saturated rings. The van der Waals surface area contributed by atoms with E-state index in [0.717, 1.165) is 25.1 Å². The highest BCUT2D eigenvalue weighted by Gasteiger charge is 2.25. The highest BCUT2D eigenvalue weighted by atomic mass is 19.1. The maximum absolute atomic E-state index is 13.9. The lowest BCUT2D eigenvalue weighted by Gasteiger charge is -2.14. The summed E-state index contributed by atoms with van der Waals surface area (Å²) in [6.45, 7) is 3.79. The van der Waals surface area contributed by atoms with Crippen molar-refractivity contribution < 1.29 is 4.39 Å². The van der Waals surface area contributed by atoms with Crippen molar-refractivity contribution in [1.82, 2.24) is 5.32 Å². The Morgan fingerprint density at radius 2 is 2.07 bits per heavy atom. The molecule has 76 valence electrons. The van der Waals surface area contributed by atoms with Crippen LogP contribution in [0.2, 0.25) is 0 Å². The molecule has 0 radical (unpaired) electrons. The number of aryl methyl sites for hydroxylation is 1. The molecular weight excluding hydrogens is 177 g/mol. The van der Waals surface area contributed by atoms with E-state index in [4.69, 9.17) is 0 Å². The zero-order chi connectivity index (χ0) is 9.97. The molecule has 0 saturated carbocycles. The predicted octanol–water partition coefficient (Wildman–Crippen LogP) is 2.62. The average molecular weight is 193 g/mol. The predicted molar refractivity (Wildman–Crippen MR) is 56.0 cm³/mol. The first-order chi connectivity index (χ1) is 6.77. The number of benzene rings is 1. The lowest BCUT2D eigenvalue weighted by atomic mass is 9.96. The second kappa shape index (κ2) is 4.09. The van der Waals surface area contributed by atoms with Gasteiger partial charge in [0.05, 0.1) is 0 Å². The van der Waals surface area contributed by atoms with Gasteiger partial charge in [-0.25, -0.2) is 4.39 Å². The Morgan fingerprint density at radius 3 is 2.64 bits per heavy atom. The monoisotopic (exact) mass is 193 g/mol. The van der Waals surface area contributed by atoms with Crippen molar-refractivity contribution in [3.05, 3.63) is 35.4 Å². The van der Waals surface area contributed by atoms with Crippen LogP contribution in [0.4, 0.5) is 4.39 Å². The normalized spacial score (nSPS) is 23.7. The van der Waals surface area contributed by atoms with E-state index in [9.17, 15) is 4.39 Å². The van der Waals surface area contributed by atoms with Gasteiger partial charge in [-0.2, -0.15) is 0 Å². The van der Waals surface area contributed by atoms with Crippen molar-refractivity contribution in [3.63, 3.8) is 0 Å². The Balaban J connectivity index is 2.09. The summed E-state index contributed by atoms with van der Waals surface area (Å²) in [6.07, 6.45) is 0.153. The lowest BCUT2D eigenvalue weighted by molar-refractivity contribution is 0.246. The van der Waals surface area contributed by atoms with Crippen LogP contribution < -0.4 is 5.32 Å². The third kappa shape index (κ3) is 1.95. The molecule has 2 rings (SSSR count). The van der Waals surface area contributed by atoms with Gasteiger partial charge in [-0.3, -0.25) is 0 Å². The summed E-state index contributed by atoms with van der Waals surface area (Å²) in [5.41, 5.74) is 2.01. The molecule has 1 saturated heterocycles. The summed E-state index contributed by atoms with van der Waals surface area (Å²) in [5.74, 6) is 0.165. The summed E-state index contributed by atoms with van der Waals surface area (Å²) in [7, 11) is 0. The molecule has 1 aliphatic heterocycles. The van der Waals surface area contributed by atoms with Gasteiger partial charge in [-0.15, -0.1) is 0 Å². The Bertz CT molecular complexity index is 288. The number of halogens is 1. The second-order valence-electron chi connectivity index (χ2n) is 4.07. The average Bonchev–Trinajstić information content (AvgIpc) is 2.71. The molecule has 1 aromatic carbocycles. The van der Waals surface area contributed by atoms with Crippen molar-refractivity contribution >= 4 is 0 Å². The van der Waals surface area contributed by atoms with E-state index < -0.39 is 6.17 Å². The van der Waals surface area contributed by atoms with Crippen LogP contribution in [0.3, 0.4) is 0 Å². The van der Waals surface area contributed by atoms with Gasteiger partial charge in [0.1, 0.15) is 6.17 Å². The van der Waals surface area contributed by atoms with Crippen LogP contribution >= 0.6 is 0 Å². The van der Waals surface area contributed by atoms with Crippen LogP contribution in [-0.4, -0.2) is 13.1 Å². The fraction of sp³-hybridized carbons (Fsp3) is 0.500. The minimum atomic E-state index is -0.800. The van der Waals surface area contributed by atoms with Gasteiger partial charge in [0.2, 0.25) is 0 Å². The Morgan fingerprint density at radius 1 is 1.36 bits per heavy atom. The van der Waals surface area contributed by atoms with Crippen molar-refractivity contribution in [1.29, 1.82) is 0 Å². The first-order valence-electron chi connectivity index (χ1n) is 5.19. The van der Waals surface area contributed by atoms with Gasteiger partial charge in [0.25, 0.3) is 0 Å². The molecule has 1 N–H and O–H groups in total. The minimum absolute atomic E-state index is 0.165. The minimum Gasteiger partial charge on any atom is -0.316 e. The highest BCUT2D eigenvalue weighted by Crippen LogP contribution is 2.30. The van der Waals surface area contributed by atoms with E-state index in [-0.39, 0.29) is 5.92 Å². The fourth-order valence-corrected chi connectivity index (χ4v) is 1.95. The first-order valence-corrected chi connectivity index (χ1v) is 5.19. The maximum Gasteiger partial charge on any atom is 0.129 e. The lowest BCUT2D eigenvalue weighted by Crippen LogP contribution is -2.13. The molecule has 0 aliphatic carbocycles. The zero-order valence-electron chi connectivity index (χ0n) is 8.46. The van der Waals surface area contributed by atoms with Crippen LogP contribution in [0, 0.1) is 12.8 Å². The maximum atomic E-state index is 13.9. The van der Waals surface area contributed by atoms with Gasteiger partial charge in [-0.05, 0) is 25.5 Å². The van der Waals surface area contributed by atoms with Crippen LogP contribution in [0.15, 0.2) is 24.3 Å². The molecule has 0 amide bonds. The van der Waals surface area contributed by atoms with Crippen molar-refractivity contribution in [2.75, 3.05) is 13.1 Å². The zero-order valence-corrected chi connectivity index (χ0v) is 8.46. The van der Waals surface area contributed by atoms with Gasteiger partial charge in [0, 0.05) is 12.5 Å². The molecule has 0 aromatic heterocycles. The molecule has 14 heavy (non-hydrogen) atoms. The Kier molecular flexibility index (Phi) is 2.82. The van der Waals surface area contributed by atoms with E-state index in [2.05, 4.69) is 5.32 Å². The number of hydrogen-bond donors (Lipinski definition) is 1.